The molecule has 6 rings (SSSR count). The van der Waals surface area contributed by atoms with E-state index >= 15 is 0 Å². The Balaban J connectivity index is 1.39. The number of aliphatic hydroxyl groups is 1. The zero-order valence-electron chi connectivity index (χ0n) is 20.7. The SMILES string of the molecule is OCc1ccccc1-c1cc(-n2cnc3cc(-c4ccncc4)ccc32)nc(NCCc2ccccc2)n1. The van der Waals surface area contributed by atoms with Gasteiger partial charge in [0.15, 0.2) is 0 Å². The average Bonchev–Trinajstić information content (AvgIpc) is 3.41. The lowest BCUT2D eigenvalue weighted by molar-refractivity contribution is 0.282. The third-order valence-corrected chi connectivity index (χ3v) is 6.52. The molecule has 2 N–H and O–H groups in total. The normalized spacial score (nSPS) is 11.1. The van der Waals surface area contributed by atoms with Gasteiger partial charge in [-0.15, -0.1) is 0 Å². The molecule has 0 saturated heterocycles. The predicted molar refractivity (Wildman–Crippen MR) is 150 cm³/mol. The Morgan fingerprint density at radius 2 is 1.61 bits per heavy atom. The highest BCUT2D eigenvalue weighted by Gasteiger charge is 2.14. The van der Waals surface area contributed by atoms with Gasteiger partial charge >= 0.3 is 0 Å². The first-order chi connectivity index (χ1) is 18.8. The summed E-state index contributed by atoms with van der Waals surface area (Å²) in [5, 5.41) is 13.4. The first-order valence-corrected chi connectivity index (χ1v) is 12.5. The smallest absolute Gasteiger partial charge is 0.225 e. The van der Waals surface area contributed by atoms with E-state index in [4.69, 9.17) is 9.97 Å². The third kappa shape index (κ3) is 4.87. The van der Waals surface area contributed by atoms with Gasteiger partial charge in [-0.05, 0) is 52.9 Å². The zero-order valence-corrected chi connectivity index (χ0v) is 20.7. The van der Waals surface area contributed by atoms with Crippen LogP contribution in [-0.4, -0.2) is 36.2 Å². The summed E-state index contributed by atoms with van der Waals surface area (Å²) in [6.07, 6.45) is 6.22. The lowest BCUT2D eigenvalue weighted by atomic mass is 10.0. The molecule has 3 aromatic carbocycles. The fourth-order valence-corrected chi connectivity index (χ4v) is 4.57. The Kier molecular flexibility index (Phi) is 6.57. The minimum Gasteiger partial charge on any atom is -0.392 e. The first-order valence-electron chi connectivity index (χ1n) is 12.5. The number of hydrogen-bond acceptors (Lipinski definition) is 6. The van der Waals surface area contributed by atoms with Crippen LogP contribution in [0.25, 0.3) is 39.2 Å². The zero-order chi connectivity index (χ0) is 25.7. The Bertz CT molecular complexity index is 1680. The van der Waals surface area contributed by atoms with Gasteiger partial charge in [-0.2, -0.15) is 4.98 Å². The van der Waals surface area contributed by atoms with Gasteiger partial charge in [0, 0.05) is 30.6 Å². The van der Waals surface area contributed by atoms with Crippen LogP contribution in [0.15, 0.2) is 110 Å². The van der Waals surface area contributed by atoms with Gasteiger partial charge < -0.3 is 10.4 Å². The van der Waals surface area contributed by atoms with Crippen molar-refractivity contribution in [2.75, 3.05) is 11.9 Å². The molecule has 0 aliphatic heterocycles. The van der Waals surface area contributed by atoms with Crippen molar-refractivity contribution in [3.05, 3.63) is 121 Å². The van der Waals surface area contributed by atoms with Crippen LogP contribution in [0.3, 0.4) is 0 Å². The molecule has 0 bridgehead atoms. The van der Waals surface area contributed by atoms with Gasteiger partial charge in [-0.3, -0.25) is 9.55 Å². The summed E-state index contributed by atoms with van der Waals surface area (Å²) in [6.45, 7) is 0.618. The molecular weight excluding hydrogens is 472 g/mol. The number of anilines is 1. The number of fused-ring (bicyclic) bond motifs is 1. The molecule has 0 spiro atoms. The maximum Gasteiger partial charge on any atom is 0.225 e. The number of pyridine rings is 1. The maximum absolute atomic E-state index is 9.95. The van der Waals surface area contributed by atoms with Crippen molar-refractivity contribution in [1.82, 2.24) is 24.5 Å². The lowest BCUT2D eigenvalue weighted by Gasteiger charge is -2.13. The van der Waals surface area contributed by atoms with Crippen LogP contribution in [0.5, 0.6) is 0 Å². The monoisotopic (exact) mass is 498 g/mol. The van der Waals surface area contributed by atoms with E-state index in [1.165, 1.54) is 5.56 Å². The van der Waals surface area contributed by atoms with Crippen LogP contribution >= 0.6 is 0 Å². The Hall–Kier alpha value is -4.88. The van der Waals surface area contributed by atoms with Crippen molar-refractivity contribution in [2.45, 2.75) is 13.0 Å². The standard InChI is InChI=1S/C31H26N6O/c38-20-25-8-4-5-9-26(25)27-19-30(36-31(35-27)33-17-12-22-6-2-1-3-7-22)37-21-34-28-18-24(10-11-29(28)37)23-13-15-32-16-14-23/h1-11,13-16,18-19,21,38H,12,17,20H2,(H,33,35,36). The lowest BCUT2D eigenvalue weighted by Crippen LogP contribution is -2.10. The van der Waals surface area contributed by atoms with Crippen molar-refractivity contribution in [2.24, 2.45) is 0 Å². The molecule has 7 nitrogen and oxygen atoms in total. The summed E-state index contributed by atoms with van der Waals surface area (Å²) in [5.74, 6) is 1.22. The van der Waals surface area contributed by atoms with Crippen LogP contribution < -0.4 is 5.32 Å². The molecule has 0 radical (unpaired) electrons. The van der Waals surface area contributed by atoms with Crippen molar-refractivity contribution >= 4 is 17.0 Å². The Labute approximate surface area is 220 Å². The summed E-state index contributed by atoms with van der Waals surface area (Å²) in [4.78, 5) is 18.5. The molecule has 0 fully saturated rings. The van der Waals surface area contributed by atoms with E-state index in [1.54, 1.807) is 18.7 Å². The topological polar surface area (TPSA) is 88.8 Å². The molecule has 0 aliphatic rings. The van der Waals surface area contributed by atoms with Gasteiger partial charge in [-0.1, -0.05) is 60.7 Å². The molecule has 38 heavy (non-hydrogen) atoms. The van der Waals surface area contributed by atoms with Crippen molar-refractivity contribution < 1.29 is 5.11 Å². The number of hydrogen-bond donors (Lipinski definition) is 2. The van der Waals surface area contributed by atoms with Gasteiger partial charge in [0.25, 0.3) is 0 Å². The predicted octanol–water partition coefficient (Wildman–Crippen LogP) is 5.69. The second-order valence-corrected chi connectivity index (χ2v) is 8.97. The average molecular weight is 499 g/mol. The Morgan fingerprint density at radius 1 is 0.789 bits per heavy atom. The first kappa shape index (κ1) is 23.5. The van der Waals surface area contributed by atoms with E-state index in [0.717, 1.165) is 45.4 Å². The maximum atomic E-state index is 9.95. The van der Waals surface area contributed by atoms with Crippen molar-refractivity contribution in [3.8, 4) is 28.2 Å². The van der Waals surface area contributed by atoms with Gasteiger partial charge in [-0.25, -0.2) is 9.97 Å². The largest absolute Gasteiger partial charge is 0.392 e. The Morgan fingerprint density at radius 3 is 2.45 bits per heavy atom. The molecule has 3 aromatic heterocycles. The van der Waals surface area contributed by atoms with Crippen LogP contribution in [0.4, 0.5) is 5.95 Å². The molecule has 3 heterocycles. The summed E-state index contributed by atoms with van der Waals surface area (Å²) in [6, 6.07) is 30.2. The van der Waals surface area contributed by atoms with E-state index in [2.05, 4.69) is 45.6 Å². The number of nitrogens with one attached hydrogen (secondary N) is 1. The minimum absolute atomic E-state index is 0.0714. The summed E-state index contributed by atoms with van der Waals surface area (Å²) in [7, 11) is 0. The number of nitrogens with zero attached hydrogens (tertiary/aromatic N) is 5. The van der Waals surface area contributed by atoms with Crippen LogP contribution in [0, 0.1) is 0 Å². The molecular formula is C31H26N6O. The quantitative estimate of drug-likeness (QED) is 0.280. The van der Waals surface area contributed by atoms with Crippen LogP contribution in [-0.2, 0) is 13.0 Å². The minimum atomic E-state index is -0.0714. The number of benzene rings is 3. The number of aromatic nitrogens is 5. The molecule has 0 unspecified atom stereocenters. The van der Waals surface area contributed by atoms with Crippen molar-refractivity contribution in [3.63, 3.8) is 0 Å². The van der Waals surface area contributed by atoms with Crippen LogP contribution in [0.1, 0.15) is 11.1 Å². The molecule has 0 atom stereocenters. The van der Waals surface area contributed by atoms with E-state index in [0.29, 0.717) is 18.3 Å². The molecule has 0 saturated carbocycles. The summed E-state index contributed by atoms with van der Waals surface area (Å²) in [5.41, 5.74) is 7.63. The summed E-state index contributed by atoms with van der Waals surface area (Å²) < 4.78 is 1.97. The summed E-state index contributed by atoms with van der Waals surface area (Å²) >= 11 is 0. The van der Waals surface area contributed by atoms with E-state index < -0.39 is 0 Å². The number of rotatable bonds is 8. The highest BCUT2D eigenvalue weighted by atomic mass is 16.3. The van der Waals surface area contributed by atoms with Crippen LogP contribution in [0.2, 0.25) is 0 Å². The highest BCUT2D eigenvalue weighted by molar-refractivity contribution is 5.83. The third-order valence-electron chi connectivity index (χ3n) is 6.52. The molecule has 186 valence electrons. The second kappa shape index (κ2) is 10.6. The molecule has 7 heteroatoms. The van der Waals surface area contributed by atoms with Gasteiger partial charge in [0.05, 0.1) is 23.3 Å². The molecule has 6 aromatic rings. The number of imidazole rings is 1. The second-order valence-electron chi connectivity index (χ2n) is 8.97. The van der Waals surface area contributed by atoms with E-state index in [9.17, 15) is 5.11 Å². The van der Waals surface area contributed by atoms with Crippen molar-refractivity contribution in [1.29, 1.82) is 0 Å². The fraction of sp³-hybridized carbons (Fsp3) is 0.0968. The molecule has 0 amide bonds. The highest BCUT2D eigenvalue weighted by Crippen LogP contribution is 2.28. The van der Waals surface area contributed by atoms with E-state index in [-0.39, 0.29) is 6.61 Å². The van der Waals surface area contributed by atoms with E-state index in [1.807, 2.05) is 65.2 Å². The van der Waals surface area contributed by atoms with Gasteiger partial charge in [0.1, 0.15) is 12.1 Å². The van der Waals surface area contributed by atoms with Gasteiger partial charge in [0.2, 0.25) is 5.95 Å². The number of aliphatic hydroxyl groups excluding tert-OH is 1. The molecule has 0 aliphatic carbocycles. The fourth-order valence-electron chi connectivity index (χ4n) is 4.57.